The van der Waals surface area contributed by atoms with Gasteiger partial charge in [0.05, 0.1) is 29.9 Å². The SMILES string of the molecule is CC1(C)Cc2c(sc3nc(SCCOc4ccccc4)n(-c4ccccc4)c(=O)c23)CO1. The number of hydrogen-bond donors (Lipinski definition) is 0. The van der Waals surface area contributed by atoms with Gasteiger partial charge in [0.15, 0.2) is 5.16 Å². The van der Waals surface area contributed by atoms with Crippen molar-refractivity contribution in [2.45, 2.75) is 37.6 Å². The lowest BCUT2D eigenvalue weighted by molar-refractivity contribution is -0.0379. The van der Waals surface area contributed by atoms with Crippen molar-refractivity contribution in [3.63, 3.8) is 0 Å². The van der Waals surface area contributed by atoms with Gasteiger partial charge < -0.3 is 9.47 Å². The zero-order valence-corrected chi connectivity index (χ0v) is 19.7. The van der Waals surface area contributed by atoms with E-state index in [1.807, 2.05) is 60.7 Å². The molecule has 2 aromatic heterocycles. The normalized spacial score (nSPS) is 14.9. The molecule has 0 bridgehead atoms. The van der Waals surface area contributed by atoms with Crippen LogP contribution in [0.3, 0.4) is 0 Å². The third kappa shape index (κ3) is 4.20. The van der Waals surface area contributed by atoms with Crippen molar-refractivity contribution in [3.05, 3.63) is 81.5 Å². The summed E-state index contributed by atoms with van der Waals surface area (Å²) in [5.74, 6) is 1.52. The minimum absolute atomic E-state index is 0.0112. The third-order valence-electron chi connectivity index (χ3n) is 5.41. The van der Waals surface area contributed by atoms with E-state index in [1.54, 1.807) is 15.9 Å². The summed E-state index contributed by atoms with van der Waals surface area (Å²) in [6.45, 7) is 5.20. The molecule has 3 heterocycles. The molecule has 164 valence electrons. The monoisotopic (exact) mass is 464 g/mol. The Kier molecular flexibility index (Phi) is 5.80. The van der Waals surface area contributed by atoms with E-state index in [1.165, 1.54) is 11.8 Å². The summed E-state index contributed by atoms with van der Waals surface area (Å²) < 4.78 is 13.6. The first-order valence-electron chi connectivity index (χ1n) is 10.6. The molecule has 0 amide bonds. The van der Waals surface area contributed by atoms with Gasteiger partial charge in [-0.25, -0.2) is 4.98 Å². The maximum Gasteiger partial charge on any atom is 0.267 e. The average molecular weight is 465 g/mol. The second kappa shape index (κ2) is 8.73. The predicted molar refractivity (Wildman–Crippen MR) is 130 cm³/mol. The number of nitrogens with zero attached hydrogens (tertiary/aromatic N) is 2. The fraction of sp³-hybridized carbons (Fsp3) is 0.280. The molecule has 0 N–H and O–H groups in total. The van der Waals surface area contributed by atoms with Gasteiger partial charge in [-0.05, 0) is 43.7 Å². The molecule has 0 saturated carbocycles. The third-order valence-corrected chi connectivity index (χ3v) is 7.42. The summed E-state index contributed by atoms with van der Waals surface area (Å²) in [5, 5.41) is 1.42. The highest BCUT2D eigenvalue weighted by atomic mass is 32.2. The Morgan fingerprint density at radius 2 is 1.84 bits per heavy atom. The Balaban J connectivity index is 1.52. The molecule has 0 atom stereocenters. The van der Waals surface area contributed by atoms with E-state index in [9.17, 15) is 4.79 Å². The first-order valence-corrected chi connectivity index (χ1v) is 12.4. The lowest BCUT2D eigenvalue weighted by atomic mass is 9.94. The van der Waals surface area contributed by atoms with Crippen LogP contribution in [0.15, 0.2) is 70.6 Å². The molecule has 1 aliphatic rings. The lowest BCUT2D eigenvalue weighted by Gasteiger charge is -2.29. The molecule has 0 unspecified atom stereocenters. The first-order chi connectivity index (χ1) is 15.5. The number of thioether (sulfide) groups is 1. The van der Waals surface area contributed by atoms with E-state index in [4.69, 9.17) is 14.5 Å². The summed E-state index contributed by atoms with van der Waals surface area (Å²) >= 11 is 3.11. The number of para-hydroxylation sites is 2. The summed E-state index contributed by atoms with van der Waals surface area (Å²) in [6.07, 6.45) is 0.714. The Morgan fingerprint density at radius 3 is 2.59 bits per heavy atom. The lowest BCUT2D eigenvalue weighted by Crippen LogP contribution is -2.32. The summed E-state index contributed by atoms with van der Waals surface area (Å²) in [7, 11) is 0. The van der Waals surface area contributed by atoms with Crippen molar-refractivity contribution in [1.82, 2.24) is 9.55 Å². The highest BCUT2D eigenvalue weighted by molar-refractivity contribution is 7.99. The van der Waals surface area contributed by atoms with Gasteiger partial charge in [-0.3, -0.25) is 9.36 Å². The van der Waals surface area contributed by atoms with E-state index in [-0.39, 0.29) is 11.2 Å². The molecule has 5 rings (SSSR count). The summed E-state index contributed by atoms with van der Waals surface area (Å²) in [5.41, 5.74) is 1.62. The Labute approximate surface area is 195 Å². The topological polar surface area (TPSA) is 53.4 Å². The van der Waals surface area contributed by atoms with Crippen molar-refractivity contribution >= 4 is 33.3 Å². The molecule has 0 saturated heterocycles. The molecular weight excluding hydrogens is 440 g/mol. The van der Waals surface area contributed by atoms with Gasteiger partial charge in [0.25, 0.3) is 5.56 Å². The smallest absolute Gasteiger partial charge is 0.267 e. The highest BCUT2D eigenvalue weighted by Gasteiger charge is 2.31. The number of fused-ring (bicyclic) bond motifs is 3. The predicted octanol–water partition coefficient (Wildman–Crippen LogP) is 5.47. The molecule has 32 heavy (non-hydrogen) atoms. The van der Waals surface area contributed by atoms with Crippen LogP contribution >= 0.6 is 23.1 Å². The maximum atomic E-state index is 13.8. The number of benzene rings is 2. The van der Waals surface area contributed by atoms with Crippen LogP contribution in [-0.4, -0.2) is 27.5 Å². The Hall–Kier alpha value is -2.61. The van der Waals surface area contributed by atoms with Gasteiger partial charge in [0.1, 0.15) is 10.6 Å². The van der Waals surface area contributed by atoms with Gasteiger partial charge in [-0.15, -0.1) is 11.3 Å². The Bertz CT molecular complexity index is 1300. The summed E-state index contributed by atoms with van der Waals surface area (Å²) in [4.78, 5) is 20.6. The highest BCUT2D eigenvalue weighted by Crippen LogP contribution is 2.37. The standard InChI is InChI=1S/C25H24N2O3S2/c1-25(2)15-19-20(16-30-25)32-22-21(19)23(28)27(17-9-5-3-6-10-17)24(26-22)31-14-13-29-18-11-7-4-8-12-18/h3-12H,13-16H2,1-2H3. The Morgan fingerprint density at radius 1 is 1.12 bits per heavy atom. The van der Waals surface area contributed by atoms with Crippen LogP contribution in [0.25, 0.3) is 15.9 Å². The second-order valence-electron chi connectivity index (χ2n) is 8.29. The molecule has 0 aliphatic carbocycles. The van der Waals surface area contributed by atoms with Crippen LogP contribution in [0.4, 0.5) is 0 Å². The quantitative estimate of drug-likeness (QED) is 0.215. The van der Waals surface area contributed by atoms with Gasteiger partial charge in [-0.2, -0.15) is 0 Å². The number of rotatable bonds is 6. The average Bonchev–Trinajstić information content (AvgIpc) is 3.15. The number of hydrogen-bond acceptors (Lipinski definition) is 6. The van der Waals surface area contributed by atoms with E-state index in [0.29, 0.717) is 30.5 Å². The molecule has 4 aromatic rings. The van der Waals surface area contributed by atoms with Gasteiger partial charge >= 0.3 is 0 Å². The molecule has 0 radical (unpaired) electrons. The minimum Gasteiger partial charge on any atom is -0.493 e. The molecule has 1 aliphatic heterocycles. The molecule has 7 heteroatoms. The van der Waals surface area contributed by atoms with Crippen LogP contribution in [0, 0.1) is 0 Å². The van der Waals surface area contributed by atoms with Crippen LogP contribution in [0.2, 0.25) is 0 Å². The van der Waals surface area contributed by atoms with Crippen LogP contribution in [-0.2, 0) is 17.8 Å². The molecular formula is C25H24N2O3S2. The van der Waals surface area contributed by atoms with Crippen molar-refractivity contribution in [2.75, 3.05) is 12.4 Å². The number of thiophene rings is 1. The van der Waals surface area contributed by atoms with E-state index in [0.717, 1.165) is 32.1 Å². The van der Waals surface area contributed by atoms with Crippen LogP contribution < -0.4 is 10.3 Å². The van der Waals surface area contributed by atoms with Gasteiger partial charge in [0, 0.05) is 17.1 Å². The molecule has 0 fully saturated rings. The van der Waals surface area contributed by atoms with Gasteiger partial charge in [0.2, 0.25) is 0 Å². The molecule has 2 aromatic carbocycles. The maximum absolute atomic E-state index is 13.8. The van der Waals surface area contributed by atoms with Crippen molar-refractivity contribution in [1.29, 1.82) is 0 Å². The summed E-state index contributed by atoms with van der Waals surface area (Å²) in [6, 6.07) is 19.5. The largest absolute Gasteiger partial charge is 0.493 e. The van der Waals surface area contributed by atoms with Crippen LogP contribution in [0.5, 0.6) is 5.75 Å². The number of aromatic nitrogens is 2. The molecule has 5 nitrogen and oxygen atoms in total. The fourth-order valence-corrected chi connectivity index (χ4v) is 5.86. The van der Waals surface area contributed by atoms with E-state index >= 15 is 0 Å². The van der Waals surface area contributed by atoms with E-state index in [2.05, 4.69) is 13.8 Å². The van der Waals surface area contributed by atoms with Crippen LogP contribution in [0.1, 0.15) is 24.3 Å². The zero-order valence-electron chi connectivity index (χ0n) is 18.0. The number of ether oxygens (including phenoxy) is 2. The van der Waals surface area contributed by atoms with Crippen molar-refractivity contribution in [2.24, 2.45) is 0 Å². The fourth-order valence-electron chi connectivity index (χ4n) is 3.88. The van der Waals surface area contributed by atoms with Gasteiger partial charge in [-0.1, -0.05) is 48.2 Å². The minimum atomic E-state index is -0.285. The first kappa shape index (κ1) is 21.2. The van der Waals surface area contributed by atoms with Crippen molar-refractivity contribution < 1.29 is 9.47 Å². The zero-order chi connectivity index (χ0) is 22.1. The molecule has 0 spiro atoms. The second-order valence-corrected chi connectivity index (χ2v) is 10.4. The van der Waals surface area contributed by atoms with E-state index < -0.39 is 0 Å². The van der Waals surface area contributed by atoms with Crippen molar-refractivity contribution in [3.8, 4) is 11.4 Å².